The zero-order valence-electron chi connectivity index (χ0n) is 15.5. The van der Waals surface area contributed by atoms with Crippen LogP contribution in [0.1, 0.15) is 33.2 Å². The van der Waals surface area contributed by atoms with Crippen molar-refractivity contribution in [2.45, 2.75) is 19.8 Å². The van der Waals surface area contributed by atoms with E-state index in [0.717, 1.165) is 17.0 Å². The average Bonchev–Trinajstić information content (AvgIpc) is 3.25. The number of carbonyl (C=O) groups is 1. The Balaban J connectivity index is 0.00000210. The summed E-state index contributed by atoms with van der Waals surface area (Å²) in [5.74, 6) is 0.543. The number of likely N-dealkylation sites (tertiary alicyclic amines) is 1. The van der Waals surface area contributed by atoms with Gasteiger partial charge in [0.15, 0.2) is 5.65 Å². The number of aromatic nitrogens is 3. The summed E-state index contributed by atoms with van der Waals surface area (Å²) in [5, 5.41) is 4.44. The lowest BCUT2D eigenvalue weighted by Gasteiger charge is -2.18. The molecule has 2 atom stereocenters. The van der Waals surface area contributed by atoms with Crippen molar-refractivity contribution < 1.29 is 4.79 Å². The number of nitrogens with zero attached hydrogens (tertiary/aromatic N) is 4. The van der Waals surface area contributed by atoms with Gasteiger partial charge in [-0.1, -0.05) is 30.3 Å². The number of nitrogens with two attached hydrogens (primary N) is 1. The normalized spacial score (nSPS) is 19.3. The largest absolute Gasteiger partial charge is 0.338 e. The molecule has 7 heteroatoms. The smallest absolute Gasteiger partial charge is 0.257 e. The average molecular weight is 386 g/mol. The number of amides is 1. The van der Waals surface area contributed by atoms with Crippen molar-refractivity contribution in [3.05, 3.63) is 65.1 Å². The molecule has 27 heavy (non-hydrogen) atoms. The number of hydrogen-bond acceptors (Lipinski definition) is 4. The topological polar surface area (TPSA) is 76.5 Å². The third-order valence-electron chi connectivity index (χ3n) is 5.34. The monoisotopic (exact) mass is 385 g/mol. The van der Waals surface area contributed by atoms with Gasteiger partial charge in [-0.25, -0.2) is 9.50 Å². The number of benzene rings is 1. The van der Waals surface area contributed by atoms with Gasteiger partial charge >= 0.3 is 0 Å². The molecule has 3 heterocycles. The maximum absolute atomic E-state index is 13.2. The van der Waals surface area contributed by atoms with Crippen LogP contribution >= 0.6 is 12.4 Å². The molecule has 1 aliphatic rings. The van der Waals surface area contributed by atoms with E-state index in [1.807, 2.05) is 43.0 Å². The van der Waals surface area contributed by atoms with Crippen molar-refractivity contribution in [1.29, 1.82) is 0 Å². The number of hydrogen-bond donors (Lipinski definition) is 1. The van der Waals surface area contributed by atoms with Crippen LogP contribution in [0, 0.1) is 19.8 Å². The van der Waals surface area contributed by atoms with E-state index in [1.54, 1.807) is 10.7 Å². The fraction of sp³-hybridized carbons (Fsp3) is 0.350. The van der Waals surface area contributed by atoms with Gasteiger partial charge in [0.2, 0.25) is 0 Å². The lowest BCUT2D eigenvalue weighted by Crippen LogP contribution is -2.31. The summed E-state index contributed by atoms with van der Waals surface area (Å²) in [6.07, 6.45) is 1.67. The van der Waals surface area contributed by atoms with Crippen molar-refractivity contribution in [3.8, 4) is 0 Å². The summed E-state index contributed by atoms with van der Waals surface area (Å²) in [6, 6.07) is 12.2. The second-order valence-electron chi connectivity index (χ2n) is 7.04. The minimum atomic E-state index is 0. The Kier molecular flexibility index (Phi) is 5.48. The van der Waals surface area contributed by atoms with Gasteiger partial charge in [-0.3, -0.25) is 4.79 Å². The van der Waals surface area contributed by atoms with Crippen LogP contribution in [-0.2, 0) is 0 Å². The van der Waals surface area contributed by atoms with Crippen LogP contribution in [0.5, 0.6) is 0 Å². The summed E-state index contributed by atoms with van der Waals surface area (Å²) in [5.41, 5.74) is 10.3. The second kappa shape index (κ2) is 7.66. The maximum Gasteiger partial charge on any atom is 0.257 e. The summed E-state index contributed by atoms with van der Waals surface area (Å²) < 4.78 is 1.74. The maximum atomic E-state index is 13.2. The summed E-state index contributed by atoms with van der Waals surface area (Å²) >= 11 is 0. The molecule has 6 nitrogen and oxygen atoms in total. The number of rotatable bonds is 3. The molecule has 1 fully saturated rings. The van der Waals surface area contributed by atoms with E-state index in [4.69, 9.17) is 5.73 Å². The number of aryl methyl sites for hydroxylation is 2. The molecular formula is C20H24ClN5O. The van der Waals surface area contributed by atoms with Crippen molar-refractivity contribution in [1.82, 2.24) is 19.5 Å². The van der Waals surface area contributed by atoms with E-state index in [0.29, 0.717) is 25.2 Å². The first-order valence-corrected chi connectivity index (χ1v) is 8.94. The van der Waals surface area contributed by atoms with E-state index in [1.165, 1.54) is 5.56 Å². The van der Waals surface area contributed by atoms with E-state index in [9.17, 15) is 4.79 Å². The molecule has 0 saturated carbocycles. The molecule has 0 aliphatic carbocycles. The van der Waals surface area contributed by atoms with Gasteiger partial charge in [-0.2, -0.15) is 5.10 Å². The molecule has 0 unspecified atom stereocenters. The van der Waals surface area contributed by atoms with Crippen LogP contribution in [0.25, 0.3) is 5.65 Å². The Morgan fingerprint density at radius 1 is 1.22 bits per heavy atom. The van der Waals surface area contributed by atoms with Crippen LogP contribution in [0.3, 0.4) is 0 Å². The first kappa shape index (κ1) is 19.3. The molecule has 0 spiro atoms. The molecule has 1 aromatic carbocycles. The minimum absolute atomic E-state index is 0. The van der Waals surface area contributed by atoms with Crippen LogP contribution in [0.2, 0.25) is 0 Å². The predicted molar refractivity (Wildman–Crippen MR) is 107 cm³/mol. The molecule has 0 bridgehead atoms. The minimum Gasteiger partial charge on any atom is -0.338 e. The first-order chi connectivity index (χ1) is 12.6. The highest BCUT2D eigenvalue weighted by Crippen LogP contribution is 2.33. The van der Waals surface area contributed by atoms with Gasteiger partial charge in [0.1, 0.15) is 0 Å². The zero-order chi connectivity index (χ0) is 18.3. The van der Waals surface area contributed by atoms with E-state index in [2.05, 4.69) is 22.2 Å². The molecule has 2 N–H and O–H groups in total. The molecular weight excluding hydrogens is 362 g/mol. The van der Waals surface area contributed by atoms with E-state index in [-0.39, 0.29) is 30.2 Å². The third-order valence-corrected chi connectivity index (χ3v) is 5.34. The fourth-order valence-corrected chi connectivity index (χ4v) is 3.90. The molecule has 1 aliphatic heterocycles. The lowest BCUT2D eigenvalue weighted by atomic mass is 9.89. The van der Waals surface area contributed by atoms with Crippen molar-refractivity contribution >= 4 is 24.0 Å². The van der Waals surface area contributed by atoms with Crippen LogP contribution in [-0.4, -0.2) is 45.0 Å². The molecule has 1 saturated heterocycles. The van der Waals surface area contributed by atoms with Crippen LogP contribution < -0.4 is 5.73 Å². The molecule has 2 aromatic heterocycles. The molecule has 1 amide bonds. The Labute approximate surface area is 164 Å². The molecule has 0 radical (unpaired) electrons. The van der Waals surface area contributed by atoms with E-state index >= 15 is 0 Å². The van der Waals surface area contributed by atoms with Gasteiger partial charge in [0.05, 0.1) is 17.0 Å². The molecule has 3 aromatic rings. The summed E-state index contributed by atoms with van der Waals surface area (Å²) in [6.45, 7) is 5.76. The standard InChI is InChI=1S/C20H23N5O.ClH/c1-13-8-19-22-10-17(14(2)25(19)23-13)20(26)24-11-16(9-21)18(12-24)15-6-4-3-5-7-15;/h3-8,10,16,18H,9,11-12,21H2,1-2H3;1H/t16-,18+;/m1./s1. The third kappa shape index (κ3) is 3.42. The Hall–Kier alpha value is -2.44. The van der Waals surface area contributed by atoms with Gasteiger partial charge in [0.25, 0.3) is 5.91 Å². The number of carbonyl (C=O) groups excluding carboxylic acids is 1. The van der Waals surface area contributed by atoms with E-state index < -0.39 is 0 Å². The quantitative estimate of drug-likeness (QED) is 0.751. The number of halogens is 1. The Bertz CT molecular complexity index is 956. The molecule has 4 rings (SSSR count). The SMILES string of the molecule is Cc1cc2ncc(C(=O)N3C[C@@H](CN)[C@H](c4ccccc4)C3)c(C)n2n1.Cl. The van der Waals surface area contributed by atoms with Crippen molar-refractivity contribution in [2.24, 2.45) is 11.7 Å². The second-order valence-corrected chi connectivity index (χ2v) is 7.04. The van der Waals surface area contributed by atoms with Crippen LogP contribution in [0.4, 0.5) is 0 Å². The van der Waals surface area contributed by atoms with Gasteiger partial charge < -0.3 is 10.6 Å². The Morgan fingerprint density at radius 2 is 1.96 bits per heavy atom. The summed E-state index contributed by atoms with van der Waals surface area (Å²) in [4.78, 5) is 19.5. The summed E-state index contributed by atoms with van der Waals surface area (Å²) in [7, 11) is 0. The highest BCUT2D eigenvalue weighted by atomic mass is 35.5. The van der Waals surface area contributed by atoms with Gasteiger partial charge in [-0.15, -0.1) is 12.4 Å². The predicted octanol–water partition coefficient (Wildman–Crippen LogP) is 2.58. The fourth-order valence-electron chi connectivity index (χ4n) is 3.90. The first-order valence-electron chi connectivity index (χ1n) is 8.94. The molecule has 142 valence electrons. The van der Waals surface area contributed by atoms with Crippen LogP contribution in [0.15, 0.2) is 42.6 Å². The highest BCUT2D eigenvalue weighted by molar-refractivity contribution is 5.95. The van der Waals surface area contributed by atoms with Gasteiger partial charge in [-0.05, 0) is 31.9 Å². The van der Waals surface area contributed by atoms with Gasteiger partial charge in [0, 0.05) is 31.3 Å². The highest BCUT2D eigenvalue weighted by Gasteiger charge is 2.36. The van der Waals surface area contributed by atoms with Crippen molar-refractivity contribution in [3.63, 3.8) is 0 Å². The Morgan fingerprint density at radius 3 is 2.67 bits per heavy atom. The van der Waals surface area contributed by atoms with Crippen molar-refractivity contribution in [2.75, 3.05) is 19.6 Å². The lowest BCUT2D eigenvalue weighted by molar-refractivity contribution is 0.0784. The number of fused-ring (bicyclic) bond motifs is 1. The zero-order valence-corrected chi connectivity index (χ0v) is 16.3.